The van der Waals surface area contributed by atoms with E-state index >= 15 is 0 Å². The van der Waals surface area contributed by atoms with Gasteiger partial charge >= 0.3 is 0 Å². The summed E-state index contributed by atoms with van der Waals surface area (Å²) in [6, 6.07) is 0. The molecule has 1 N–H and O–H groups in total. The maximum atomic E-state index is 9.86. The third-order valence-electron chi connectivity index (χ3n) is 2.52. The molecule has 2 nitrogen and oxygen atoms in total. The second-order valence-electron chi connectivity index (χ2n) is 3.79. The van der Waals surface area contributed by atoms with Gasteiger partial charge in [0.05, 0.1) is 5.60 Å². The van der Waals surface area contributed by atoms with E-state index in [2.05, 4.69) is 18.7 Å². The molecule has 0 aromatic rings. The molecule has 0 aromatic carbocycles. The summed E-state index contributed by atoms with van der Waals surface area (Å²) in [6.45, 7) is 6.49. The molecule has 0 saturated carbocycles. The van der Waals surface area contributed by atoms with Crippen LogP contribution in [0.4, 0.5) is 0 Å². The molecule has 1 saturated heterocycles. The van der Waals surface area contributed by atoms with E-state index in [9.17, 15) is 5.11 Å². The van der Waals surface area contributed by atoms with Crippen molar-refractivity contribution < 1.29 is 5.11 Å². The van der Waals surface area contributed by atoms with Gasteiger partial charge in [-0.1, -0.05) is 31.5 Å². The lowest BCUT2D eigenvalue weighted by Crippen LogP contribution is -2.64. The maximum Gasteiger partial charge on any atom is 0.0923 e. The molecule has 1 fully saturated rings. The molecule has 0 amide bonds. The molecule has 1 aliphatic rings. The van der Waals surface area contributed by atoms with Gasteiger partial charge in [-0.25, -0.2) is 0 Å². The fourth-order valence-electron chi connectivity index (χ4n) is 1.41. The highest BCUT2D eigenvalue weighted by Crippen LogP contribution is 2.27. The van der Waals surface area contributed by atoms with Crippen LogP contribution in [0.15, 0.2) is 11.6 Å². The molecule has 0 aliphatic carbocycles. The van der Waals surface area contributed by atoms with E-state index in [0.29, 0.717) is 5.92 Å². The standard InChI is InChI=1S/C9H16ClNO/c1-8(2)9(12)6-11(7-9)5-3-4-10/h3-4,8,12H,5-7H2,1-2H3/b4-3+. The van der Waals surface area contributed by atoms with Crippen LogP contribution >= 0.6 is 11.6 Å². The minimum absolute atomic E-state index is 0.341. The van der Waals surface area contributed by atoms with E-state index in [-0.39, 0.29) is 0 Å². The highest BCUT2D eigenvalue weighted by Gasteiger charge is 2.42. The van der Waals surface area contributed by atoms with Crippen LogP contribution in [-0.2, 0) is 0 Å². The molecular formula is C9H16ClNO. The van der Waals surface area contributed by atoms with Crippen LogP contribution in [0, 0.1) is 5.92 Å². The van der Waals surface area contributed by atoms with Gasteiger partial charge in [-0.05, 0) is 5.92 Å². The Labute approximate surface area is 78.8 Å². The Hall–Kier alpha value is -0.0500. The average molecular weight is 190 g/mol. The largest absolute Gasteiger partial charge is 0.387 e. The predicted molar refractivity (Wildman–Crippen MR) is 51.2 cm³/mol. The lowest BCUT2D eigenvalue weighted by Gasteiger charge is -2.48. The summed E-state index contributed by atoms with van der Waals surface area (Å²) >= 11 is 5.39. The van der Waals surface area contributed by atoms with E-state index in [0.717, 1.165) is 19.6 Å². The fraction of sp³-hybridized carbons (Fsp3) is 0.778. The second kappa shape index (κ2) is 3.77. The fourth-order valence-corrected chi connectivity index (χ4v) is 1.49. The molecule has 12 heavy (non-hydrogen) atoms. The molecule has 0 radical (unpaired) electrons. The number of rotatable bonds is 3. The van der Waals surface area contributed by atoms with Crippen molar-refractivity contribution in [1.29, 1.82) is 0 Å². The van der Waals surface area contributed by atoms with Gasteiger partial charge in [0.2, 0.25) is 0 Å². The molecule has 0 spiro atoms. The van der Waals surface area contributed by atoms with E-state index in [1.807, 2.05) is 6.08 Å². The van der Waals surface area contributed by atoms with Crippen molar-refractivity contribution in [1.82, 2.24) is 4.90 Å². The first kappa shape index (κ1) is 10.0. The molecule has 0 atom stereocenters. The van der Waals surface area contributed by atoms with Crippen molar-refractivity contribution in [2.75, 3.05) is 19.6 Å². The first-order valence-electron chi connectivity index (χ1n) is 4.28. The van der Waals surface area contributed by atoms with Crippen LogP contribution in [0.3, 0.4) is 0 Å². The Bertz CT molecular complexity index is 173. The Balaban J connectivity index is 2.27. The monoisotopic (exact) mass is 189 g/mol. The number of hydrogen-bond donors (Lipinski definition) is 1. The SMILES string of the molecule is CC(C)C1(O)CN(C/C=C/Cl)C1. The number of likely N-dealkylation sites (tertiary alicyclic amines) is 1. The quantitative estimate of drug-likeness (QED) is 0.727. The van der Waals surface area contributed by atoms with Crippen molar-refractivity contribution in [2.24, 2.45) is 5.92 Å². The molecule has 0 bridgehead atoms. The van der Waals surface area contributed by atoms with Gasteiger partial charge in [0.1, 0.15) is 0 Å². The zero-order chi connectivity index (χ0) is 9.19. The van der Waals surface area contributed by atoms with Gasteiger partial charge in [-0.15, -0.1) is 0 Å². The highest BCUT2D eigenvalue weighted by molar-refractivity contribution is 6.25. The van der Waals surface area contributed by atoms with Crippen molar-refractivity contribution in [3.05, 3.63) is 11.6 Å². The first-order chi connectivity index (χ1) is 5.58. The zero-order valence-corrected chi connectivity index (χ0v) is 8.38. The molecular weight excluding hydrogens is 174 g/mol. The maximum absolute atomic E-state index is 9.86. The number of nitrogens with zero attached hydrogens (tertiary/aromatic N) is 1. The Kier molecular flexibility index (Phi) is 3.16. The van der Waals surface area contributed by atoms with Crippen molar-refractivity contribution >= 4 is 11.6 Å². The van der Waals surface area contributed by atoms with Crippen LogP contribution in [0.25, 0.3) is 0 Å². The normalized spacial score (nSPS) is 23.4. The van der Waals surface area contributed by atoms with E-state index in [1.54, 1.807) is 0 Å². The van der Waals surface area contributed by atoms with E-state index in [1.165, 1.54) is 5.54 Å². The van der Waals surface area contributed by atoms with E-state index < -0.39 is 5.60 Å². The first-order valence-corrected chi connectivity index (χ1v) is 4.72. The lowest BCUT2D eigenvalue weighted by molar-refractivity contribution is -0.123. The van der Waals surface area contributed by atoms with Crippen molar-refractivity contribution in [2.45, 2.75) is 19.4 Å². The number of halogens is 1. The highest BCUT2D eigenvalue weighted by atomic mass is 35.5. The number of hydrogen-bond acceptors (Lipinski definition) is 2. The predicted octanol–water partition coefficient (Wildman–Crippen LogP) is 1.44. The molecule has 70 valence electrons. The Morgan fingerprint density at radius 2 is 2.17 bits per heavy atom. The summed E-state index contributed by atoms with van der Waals surface area (Å²) in [5, 5.41) is 9.86. The van der Waals surface area contributed by atoms with Gasteiger partial charge < -0.3 is 5.11 Å². The Morgan fingerprint density at radius 1 is 1.58 bits per heavy atom. The smallest absolute Gasteiger partial charge is 0.0923 e. The molecule has 1 heterocycles. The van der Waals surface area contributed by atoms with Crippen molar-refractivity contribution in [3.8, 4) is 0 Å². The topological polar surface area (TPSA) is 23.5 Å². The second-order valence-corrected chi connectivity index (χ2v) is 4.04. The summed E-state index contributed by atoms with van der Waals surface area (Å²) in [6.07, 6.45) is 1.89. The number of aliphatic hydroxyl groups is 1. The third-order valence-corrected chi connectivity index (χ3v) is 2.70. The van der Waals surface area contributed by atoms with Crippen LogP contribution < -0.4 is 0 Å². The van der Waals surface area contributed by atoms with Crippen LogP contribution in [-0.4, -0.2) is 35.2 Å². The molecule has 0 aromatic heterocycles. The Morgan fingerprint density at radius 3 is 2.58 bits per heavy atom. The van der Waals surface area contributed by atoms with Crippen LogP contribution in [0.5, 0.6) is 0 Å². The summed E-state index contributed by atoms with van der Waals surface area (Å²) in [5.74, 6) is 0.341. The average Bonchev–Trinajstić information content (AvgIpc) is 1.95. The van der Waals surface area contributed by atoms with Gasteiger partial charge in [-0.2, -0.15) is 0 Å². The minimum Gasteiger partial charge on any atom is -0.387 e. The summed E-state index contributed by atoms with van der Waals surface area (Å²) < 4.78 is 0. The number of β-amino-alcohol motifs (C(OH)–C–C–N with tert-alkyl or cyclic N) is 1. The van der Waals surface area contributed by atoms with Crippen LogP contribution in [0.1, 0.15) is 13.8 Å². The lowest BCUT2D eigenvalue weighted by atomic mass is 9.83. The molecule has 1 aliphatic heterocycles. The summed E-state index contributed by atoms with van der Waals surface area (Å²) in [4.78, 5) is 2.17. The third kappa shape index (κ3) is 2.00. The molecule has 0 unspecified atom stereocenters. The van der Waals surface area contributed by atoms with Crippen molar-refractivity contribution in [3.63, 3.8) is 0 Å². The van der Waals surface area contributed by atoms with Crippen LogP contribution in [0.2, 0.25) is 0 Å². The summed E-state index contributed by atoms with van der Waals surface area (Å²) in [7, 11) is 0. The molecule has 3 heteroatoms. The molecule has 1 rings (SSSR count). The van der Waals surface area contributed by atoms with Gasteiger partial charge in [-0.3, -0.25) is 4.90 Å². The van der Waals surface area contributed by atoms with E-state index in [4.69, 9.17) is 11.6 Å². The van der Waals surface area contributed by atoms with Gasteiger partial charge in [0.15, 0.2) is 0 Å². The van der Waals surface area contributed by atoms with Gasteiger partial charge in [0, 0.05) is 25.2 Å². The summed E-state index contributed by atoms with van der Waals surface area (Å²) in [5.41, 5.74) is 1.06. The van der Waals surface area contributed by atoms with Gasteiger partial charge in [0.25, 0.3) is 0 Å². The minimum atomic E-state index is -0.458. The zero-order valence-electron chi connectivity index (χ0n) is 7.63.